The fraction of sp³-hybridized carbons (Fsp3) is 0.500. The summed E-state index contributed by atoms with van der Waals surface area (Å²) in [6, 6.07) is 8.16. The number of carbonyl (C=O) groups excluding carboxylic acids is 1. The van der Waals surface area contributed by atoms with Gasteiger partial charge in [0.25, 0.3) is 0 Å². The Morgan fingerprint density at radius 1 is 1.35 bits per heavy atom. The van der Waals surface area contributed by atoms with E-state index in [1.807, 2.05) is 45.9 Å². The number of amides is 1. The molecule has 1 amide bonds. The Morgan fingerprint density at radius 3 is 2.35 bits per heavy atom. The predicted octanol–water partition coefficient (Wildman–Crippen LogP) is 2.77. The molecule has 1 rings (SSSR count). The standard InChI is InChI=1S/C16H23N3O/c1-11(2)16(5,10-17)19-14(20)9-18-15-12(3)7-6-8-13(15)4/h6-8,11,18H,9H2,1-5H3,(H,19,20). The monoisotopic (exact) mass is 273 g/mol. The highest BCUT2D eigenvalue weighted by Crippen LogP contribution is 2.19. The van der Waals surface area contributed by atoms with Crippen molar-refractivity contribution in [3.63, 3.8) is 0 Å². The van der Waals surface area contributed by atoms with E-state index in [0.29, 0.717) is 0 Å². The highest BCUT2D eigenvalue weighted by atomic mass is 16.2. The Bertz CT molecular complexity index is 511. The van der Waals surface area contributed by atoms with Gasteiger partial charge in [0.05, 0.1) is 12.6 Å². The minimum Gasteiger partial charge on any atom is -0.376 e. The number of aryl methyl sites for hydroxylation is 2. The molecule has 0 spiro atoms. The zero-order valence-electron chi connectivity index (χ0n) is 12.9. The Morgan fingerprint density at radius 2 is 1.90 bits per heavy atom. The minimum absolute atomic E-state index is 0.0525. The Kier molecular flexibility index (Phi) is 5.15. The molecule has 2 N–H and O–H groups in total. The van der Waals surface area contributed by atoms with Crippen molar-refractivity contribution >= 4 is 11.6 Å². The van der Waals surface area contributed by atoms with Crippen molar-refractivity contribution in [1.29, 1.82) is 5.26 Å². The molecule has 20 heavy (non-hydrogen) atoms. The van der Waals surface area contributed by atoms with E-state index in [9.17, 15) is 10.1 Å². The molecule has 0 radical (unpaired) electrons. The lowest BCUT2D eigenvalue weighted by molar-refractivity contribution is -0.121. The topological polar surface area (TPSA) is 64.9 Å². The SMILES string of the molecule is Cc1cccc(C)c1NCC(=O)NC(C)(C#N)C(C)C. The lowest BCUT2D eigenvalue weighted by atomic mass is 9.90. The third kappa shape index (κ3) is 3.74. The number of anilines is 1. The van der Waals surface area contributed by atoms with E-state index >= 15 is 0 Å². The van der Waals surface area contributed by atoms with Crippen LogP contribution in [0.2, 0.25) is 0 Å². The number of nitrogens with zero attached hydrogens (tertiary/aromatic N) is 1. The van der Waals surface area contributed by atoms with E-state index in [0.717, 1.165) is 16.8 Å². The summed E-state index contributed by atoms with van der Waals surface area (Å²) in [5.41, 5.74) is 2.35. The number of rotatable bonds is 5. The van der Waals surface area contributed by atoms with Crippen LogP contribution >= 0.6 is 0 Å². The van der Waals surface area contributed by atoms with Crippen LogP contribution in [0.4, 0.5) is 5.69 Å². The van der Waals surface area contributed by atoms with E-state index in [1.54, 1.807) is 6.92 Å². The molecule has 4 nitrogen and oxygen atoms in total. The van der Waals surface area contributed by atoms with Gasteiger partial charge in [0.1, 0.15) is 5.54 Å². The van der Waals surface area contributed by atoms with Crippen molar-refractivity contribution in [2.24, 2.45) is 5.92 Å². The molecule has 0 saturated carbocycles. The van der Waals surface area contributed by atoms with Crippen molar-refractivity contribution in [2.75, 3.05) is 11.9 Å². The van der Waals surface area contributed by atoms with Gasteiger partial charge in [-0.1, -0.05) is 32.0 Å². The van der Waals surface area contributed by atoms with Crippen LogP contribution in [-0.4, -0.2) is 18.0 Å². The summed E-state index contributed by atoms with van der Waals surface area (Å²) in [6.45, 7) is 9.75. The van der Waals surface area contributed by atoms with Crippen LogP contribution in [0.15, 0.2) is 18.2 Å². The maximum Gasteiger partial charge on any atom is 0.240 e. The fourth-order valence-corrected chi connectivity index (χ4v) is 1.90. The van der Waals surface area contributed by atoms with Crippen LogP contribution in [0.25, 0.3) is 0 Å². The molecular formula is C16H23N3O. The first-order valence-corrected chi connectivity index (χ1v) is 6.82. The fourth-order valence-electron chi connectivity index (χ4n) is 1.90. The average molecular weight is 273 g/mol. The quantitative estimate of drug-likeness (QED) is 0.867. The van der Waals surface area contributed by atoms with Gasteiger partial charge in [0.2, 0.25) is 5.91 Å². The van der Waals surface area contributed by atoms with Crippen LogP contribution in [0, 0.1) is 31.1 Å². The average Bonchev–Trinajstić information content (AvgIpc) is 2.37. The number of hydrogen-bond donors (Lipinski definition) is 2. The number of nitriles is 1. The van der Waals surface area contributed by atoms with Gasteiger partial charge in [0.15, 0.2) is 0 Å². The van der Waals surface area contributed by atoms with Gasteiger partial charge in [-0.3, -0.25) is 4.79 Å². The van der Waals surface area contributed by atoms with E-state index < -0.39 is 5.54 Å². The van der Waals surface area contributed by atoms with Crippen LogP contribution in [-0.2, 0) is 4.79 Å². The van der Waals surface area contributed by atoms with Crippen LogP contribution < -0.4 is 10.6 Å². The second kappa shape index (κ2) is 6.42. The van der Waals surface area contributed by atoms with E-state index in [2.05, 4.69) is 16.7 Å². The maximum atomic E-state index is 12.0. The molecule has 0 heterocycles. The van der Waals surface area contributed by atoms with Crippen molar-refractivity contribution < 1.29 is 4.79 Å². The molecule has 0 bridgehead atoms. The van der Waals surface area contributed by atoms with Gasteiger partial charge in [-0.2, -0.15) is 5.26 Å². The van der Waals surface area contributed by atoms with E-state index in [4.69, 9.17) is 0 Å². The van der Waals surface area contributed by atoms with Gasteiger partial charge in [-0.05, 0) is 37.8 Å². The first-order valence-electron chi connectivity index (χ1n) is 6.82. The summed E-state index contributed by atoms with van der Waals surface area (Å²) >= 11 is 0. The van der Waals surface area contributed by atoms with E-state index in [1.165, 1.54) is 0 Å². The molecule has 1 aromatic carbocycles. The Balaban J connectivity index is 2.67. The number of benzene rings is 1. The first kappa shape index (κ1) is 16.0. The highest BCUT2D eigenvalue weighted by molar-refractivity contribution is 5.82. The normalized spacial score (nSPS) is 13.4. The lowest BCUT2D eigenvalue weighted by Crippen LogP contribution is -2.50. The van der Waals surface area contributed by atoms with Crippen molar-refractivity contribution in [3.8, 4) is 6.07 Å². The van der Waals surface area contributed by atoms with Crippen LogP contribution in [0.5, 0.6) is 0 Å². The second-order valence-electron chi connectivity index (χ2n) is 5.64. The zero-order valence-corrected chi connectivity index (χ0v) is 12.9. The molecule has 108 valence electrons. The molecular weight excluding hydrogens is 250 g/mol. The van der Waals surface area contributed by atoms with Gasteiger partial charge in [0, 0.05) is 5.69 Å². The first-order chi connectivity index (χ1) is 9.30. The molecule has 1 unspecified atom stereocenters. The minimum atomic E-state index is -0.834. The summed E-state index contributed by atoms with van der Waals surface area (Å²) in [7, 11) is 0. The molecule has 4 heteroatoms. The van der Waals surface area contributed by atoms with Crippen molar-refractivity contribution in [1.82, 2.24) is 5.32 Å². The molecule has 0 aromatic heterocycles. The molecule has 1 atom stereocenters. The van der Waals surface area contributed by atoms with E-state index in [-0.39, 0.29) is 18.4 Å². The third-order valence-electron chi connectivity index (χ3n) is 3.69. The van der Waals surface area contributed by atoms with Crippen molar-refractivity contribution in [3.05, 3.63) is 29.3 Å². The molecule has 1 aromatic rings. The number of nitrogens with one attached hydrogen (secondary N) is 2. The van der Waals surface area contributed by atoms with Gasteiger partial charge in [-0.25, -0.2) is 0 Å². The highest BCUT2D eigenvalue weighted by Gasteiger charge is 2.29. The summed E-state index contributed by atoms with van der Waals surface area (Å²) in [5.74, 6) is -0.123. The summed E-state index contributed by atoms with van der Waals surface area (Å²) in [5, 5.41) is 15.1. The van der Waals surface area contributed by atoms with Gasteiger partial charge < -0.3 is 10.6 Å². The molecule has 0 aliphatic carbocycles. The molecule has 0 aliphatic heterocycles. The smallest absolute Gasteiger partial charge is 0.240 e. The predicted molar refractivity (Wildman–Crippen MR) is 81.4 cm³/mol. The van der Waals surface area contributed by atoms with Gasteiger partial charge in [-0.15, -0.1) is 0 Å². The zero-order chi connectivity index (χ0) is 15.3. The summed E-state index contributed by atoms with van der Waals surface area (Å²) in [4.78, 5) is 12.0. The Hall–Kier alpha value is -2.02. The third-order valence-corrected chi connectivity index (χ3v) is 3.69. The Labute approximate surface area is 121 Å². The van der Waals surface area contributed by atoms with Crippen LogP contribution in [0.1, 0.15) is 31.9 Å². The number of hydrogen-bond acceptors (Lipinski definition) is 3. The van der Waals surface area contributed by atoms with Crippen LogP contribution in [0.3, 0.4) is 0 Å². The van der Waals surface area contributed by atoms with Crippen molar-refractivity contribution in [2.45, 2.75) is 40.2 Å². The van der Waals surface area contributed by atoms with Gasteiger partial charge >= 0.3 is 0 Å². The molecule has 0 fully saturated rings. The molecule has 0 aliphatic rings. The lowest BCUT2D eigenvalue weighted by Gasteiger charge is -2.27. The molecule has 0 saturated heterocycles. The summed E-state index contributed by atoms with van der Waals surface area (Å²) < 4.78 is 0. The number of carbonyl (C=O) groups is 1. The largest absolute Gasteiger partial charge is 0.376 e. The maximum absolute atomic E-state index is 12.0. The number of para-hydroxylation sites is 1. The summed E-state index contributed by atoms with van der Waals surface area (Å²) in [6.07, 6.45) is 0. The second-order valence-corrected chi connectivity index (χ2v) is 5.64.